The van der Waals surface area contributed by atoms with Gasteiger partial charge >= 0.3 is 0 Å². The van der Waals surface area contributed by atoms with E-state index in [-0.39, 0.29) is 0 Å². The van der Waals surface area contributed by atoms with Crippen molar-refractivity contribution in [3.05, 3.63) is 400 Å². The van der Waals surface area contributed by atoms with Gasteiger partial charge in [-0.1, -0.05) is 267 Å². The number of aromatic nitrogens is 8. The third-order valence-corrected chi connectivity index (χ3v) is 25.1. The molecular weight excluding hydrogens is 1410 g/mol. The van der Waals surface area contributed by atoms with Gasteiger partial charge in [0.05, 0.1) is 88.3 Å². The molecule has 538 valence electrons. The Morgan fingerprint density at radius 2 is 0.241 bits per heavy atom. The Hall–Kier alpha value is -15.6. The van der Waals surface area contributed by atoms with Gasteiger partial charge in [-0.3, -0.25) is 0 Å². The van der Waals surface area contributed by atoms with E-state index in [4.69, 9.17) is 0 Å². The minimum Gasteiger partial charge on any atom is -0.307 e. The predicted octanol–water partition coefficient (Wildman–Crippen LogP) is 28.1. The molecule has 8 heterocycles. The van der Waals surface area contributed by atoms with Gasteiger partial charge in [-0.05, 0) is 145 Å². The molecule has 8 aromatic heterocycles. The van der Waals surface area contributed by atoms with Crippen LogP contribution >= 0.6 is 0 Å². The van der Waals surface area contributed by atoms with Gasteiger partial charge in [0.15, 0.2) is 0 Å². The lowest BCUT2D eigenvalue weighted by Crippen LogP contribution is -2.04. The van der Waals surface area contributed by atoms with E-state index < -0.39 is 0 Å². The van der Waals surface area contributed by atoms with Crippen LogP contribution in [0.1, 0.15) is 0 Å². The Bertz CT molecular complexity index is 7680. The zero-order valence-electron chi connectivity index (χ0n) is 62.7. The lowest BCUT2D eigenvalue weighted by Gasteiger charge is -2.20. The van der Waals surface area contributed by atoms with Crippen molar-refractivity contribution in [2.45, 2.75) is 0 Å². The lowest BCUT2D eigenvalue weighted by atomic mass is 10.0. The van der Waals surface area contributed by atoms with Gasteiger partial charge in [-0.15, -0.1) is 0 Å². The number of para-hydroxylation sites is 12. The van der Waals surface area contributed by atoms with Crippen LogP contribution in [-0.4, -0.2) is 36.5 Å². The first-order valence-corrected chi connectivity index (χ1v) is 40.0. The van der Waals surface area contributed by atoms with Gasteiger partial charge in [0.2, 0.25) is 0 Å². The SMILES string of the molecule is c1ccc(-n2c3ccccc3c3ccc4c5ccccc5n(-c5cc(-c6cc(-n7c8ccccc8c8ccc9c%10ccccc%10n(-c%10ccccc%10)c9c87)cc(-n7c8ccccc8c8ccc9c%10ccccc%10n(-c%10ccccc%10)c9c87)c6)cc(-n6c7ccccc7c7ccc8c9ccccc9n(-c9ccccc9)c8c76)c5)c4c32)cc1. The predicted molar refractivity (Wildman–Crippen MR) is 487 cm³/mol. The molecule has 18 aromatic carbocycles. The molecule has 0 atom stereocenters. The molecule has 0 saturated carbocycles. The van der Waals surface area contributed by atoms with Crippen molar-refractivity contribution in [3.63, 3.8) is 0 Å². The van der Waals surface area contributed by atoms with Crippen molar-refractivity contribution in [1.82, 2.24) is 36.5 Å². The minimum atomic E-state index is 1.02. The molecule has 116 heavy (non-hydrogen) atoms. The number of nitrogens with zero attached hydrogens (tertiary/aromatic N) is 8. The Morgan fingerprint density at radius 3 is 0.405 bits per heavy atom. The summed E-state index contributed by atoms with van der Waals surface area (Å²) in [4.78, 5) is 0. The van der Waals surface area contributed by atoms with Crippen molar-refractivity contribution in [1.29, 1.82) is 0 Å². The maximum absolute atomic E-state index is 2.60. The highest BCUT2D eigenvalue weighted by Crippen LogP contribution is 2.50. The third kappa shape index (κ3) is 8.65. The van der Waals surface area contributed by atoms with E-state index in [0.717, 1.165) is 145 Å². The molecule has 0 fully saturated rings. The van der Waals surface area contributed by atoms with Crippen molar-refractivity contribution in [2.24, 2.45) is 0 Å². The second-order valence-corrected chi connectivity index (χ2v) is 31.1. The van der Waals surface area contributed by atoms with E-state index in [1.54, 1.807) is 0 Å². The molecule has 26 aromatic rings. The van der Waals surface area contributed by atoms with Crippen LogP contribution in [0.15, 0.2) is 400 Å². The average molecular weight is 1480 g/mol. The summed E-state index contributed by atoms with van der Waals surface area (Å²) in [5, 5.41) is 18.9. The molecule has 0 amide bonds. The summed E-state index contributed by atoms with van der Waals surface area (Å²) >= 11 is 0. The van der Waals surface area contributed by atoms with Crippen LogP contribution in [0.5, 0.6) is 0 Å². The summed E-state index contributed by atoms with van der Waals surface area (Å²) < 4.78 is 20.4. The molecule has 0 spiro atoms. The van der Waals surface area contributed by atoms with E-state index in [9.17, 15) is 0 Å². The maximum atomic E-state index is 2.60. The average Bonchev–Trinajstić information content (AvgIpc) is 1.55. The van der Waals surface area contributed by atoms with Crippen LogP contribution in [0.25, 0.3) is 231 Å². The summed E-state index contributed by atoms with van der Waals surface area (Å²) in [6.45, 7) is 0. The second kappa shape index (κ2) is 23.9. The van der Waals surface area contributed by atoms with Gasteiger partial charge in [0, 0.05) is 132 Å². The van der Waals surface area contributed by atoms with Crippen molar-refractivity contribution in [2.75, 3.05) is 0 Å². The standard InChI is InChI=1S/C108H66N8/c1-5-29-69(30-6-1)109-93-45-21-13-37-77(93)85-53-57-89-81-41-17-25-49-97(81)113(105(89)101(85)109)73-61-67(62-74(65-73)114-98-50-26-18-42-82(98)90-58-54-86-78-38-14-22-46-94(78)110(102(86)106(90)114)70-31-7-2-8-32-70)68-63-75(115-99-51-27-19-43-83(99)91-59-55-87-79-39-15-23-47-95(79)111(103(87)107(91)115)71-33-9-3-10-34-71)66-76(64-68)116-100-52-28-20-44-84(100)92-60-56-88-80-40-16-24-48-96(80)112(104(88)108(92)116)72-35-11-4-12-36-72/h1-66H. The largest absolute Gasteiger partial charge is 0.307 e. The van der Waals surface area contributed by atoms with Crippen molar-refractivity contribution in [3.8, 4) is 56.6 Å². The van der Waals surface area contributed by atoms with Crippen LogP contribution < -0.4 is 0 Å². The number of benzene rings is 18. The van der Waals surface area contributed by atoms with Gasteiger partial charge in [0.1, 0.15) is 0 Å². The first-order chi connectivity index (χ1) is 57.6. The van der Waals surface area contributed by atoms with E-state index in [1.165, 1.54) is 86.2 Å². The smallest absolute Gasteiger partial charge is 0.0788 e. The molecule has 26 rings (SSSR count). The summed E-state index contributed by atoms with van der Waals surface area (Å²) in [5.74, 6) is 0. The highest BCUT2D eigenvalue weighted by atomic mass is 15.1. The summed E-state index contributed by atoms with van der Waals surface area (Å²) in [6.07, 6.45) is 0. The molecule has 0 radical (unpaired) electrons. The van der Waals surface area contributed by atoms with Gasteiger partial charge in [-0.2, -0.15) is 0 Å². The molecule has 0 unspecified atom stereocenters. The van der Waals surface area contributed by atoms with E-state index in [1.807, 2.05) is 0 Å². The Balaban J connectivity index is 0.868. The summed E-state index contributed by atoms with van der Waals surface area (Å²) in [5.41, 5.74) is 28.7. The van der Waals surface area contributed by atoms with Crippen molar-refractivity contribution >= 4 is 174 Å². The van der Waals surface area contributed by atoms with Crippen molar-refractivity contribution < 1.29 is 0 Å². The quantitative estimate of drug-likeness (QED) is 0.138. The van der Waals surface area contributed by atoms with Gasteiger partial charge in [0.25, 0.3) is 0 Å². The lowest BCUT2D eigenvalue weighted by molar-refractivity contribution is 1.11. The van der Waals surface area contributed by atoms with Gasteiger partial charge in [-0.25, -0.2) is 0 Å². The molecule has 0 aliphatic heterocycles. The summed E-state index contributed by atoms with van der Waals surface area (Å²) in [6, 6.07) is 150. The summed E-state index contributed by atoms with van der Waals surface area (Å²) in [7, 11) is 0. The molecule has 0 aliphatic rings. The second-order valence-electron chi connectivity index (χ2n) is 31.1. The number of hydrogen-bond acceptors (Lipinski definition) is 0. The molecule has 0 N–H and O–H groups in total. The Labute approximate surface area is 663 Å². The highest BCUT2D eigenvalue weighted by Gasteiger charge is 2.30. The van der Waals surface area contributed by atoms with Crippen LogP contribution in [0.2, 0.25) is 0 Å². The maximum Gasteiger partial charge on any atom is 0.0788 e. The number of fused-ring (bicyclic) bond motifs is 28. The van der Waals surface area contributed by atoms with Gasteiger partial charge < -0.3 is 36.5 Å². The Kier molecular flexibility index (Phi) is 13.0. The minimum absolute atomic E-state index is 1.02. The number of rotatable bonds is 9. The van der Waals surface area contributed by atoms with E-state index >= 15 is 0 Å². The van der Waals surface area contributed by atoms with Crippen LogP contribution in [0.4, 0.5) is 0 Å². The zero-order chi connectivity index (χ0) is 75.5. The first-order valence-electron chi connectivity index (χ1n) is 40.0. The van der Waals surface area contributed by atoms with E-state index in [0.29, 0.717) is 0 Å². The molecule has 0 bridgehead atoms. The zero-order valence-corrected chi connectivity index (χ0v) is 62.7. The van der Waals surface area contributed by atoms with E-state index in [2.05, 4.69) is 437 Å². The van der Waals surface area contributed by atoms with Crippen LogP contribution in [0.3, 0.4) is 0 Å². The fraction of sp³-hybridized carbons (Fsp3) is 0. The topological polar surface area (TPSA) is 39.4 Å². The molecule has 8 heteroatoms. The first kappa shape index (κ1) is 63.0. The highest BCUT2D eigenvalue weighted by molar-refractivity contribution is 6.29. The molecule has 0 aliphatic carbocycles. The van der Waals surface area contributed by atoms with Crippen LogP contribution in [-0.2, 0) is 0 Å². The Morgan fingerprint density at radius 1 is 0.103 bits per heavy atom. The monoisotopic (exact) mass is 1470 g/mol. The fourth-order valence-electron chi connectivity index (χ4n) is 20.5. The fourth-order valence-corrected chi connectivity index (χ4v) is 20.5. The molecular formula is C108H66N8. The van der Waals surface area contributed by atoms with Crippen LogP contribution in [0, 0.1) is 0 Å². The molecule has 8 nitrogen and oxygen atoms in total. The number of hydrogen-bond donors (Lipinski definition) is 0. The third-order valence-electron chi connectivity index (χ3n) is 25.1. The molecule has 0 saturated heterocycles. The normalized spacial score (nSPS) is 12.3.